The third-order valence-corrected chi connectivity index (χ3v) is 4.94. The van der Waals surface area contributed by atoms with Gasteiger partial charge in [-0.3, -0.25) is 4.68 Å². The van der Waals surface area contributed by atoms with Crippen LogP contribution in [-0.2, 0) is 11.8 Å². The van der Waals surface area contributed by atoms with Crippen molar-refractivity contribution in [3.8, 4) is 0 Å². The molecule has 5 nitrogen and oxygen atoms in total. The number of ether oxygens (including phenoxy) is 1. The maximum Gasteiger partial charge on any atom is 0.162 e. The Morgan fingerprint density at radius 3 is 2.86 bits per heavy atom. The molecule has 0 bridgehead atoms. The van der Waals surface area contributed by atoms with E-state index in [1.807, 2.05) is 13.2 Å². The van der Waals surface area contributed by atoms with E-state index in [1.165, 1.54) is 38.5 Å². The maximum absolute atomic E-state index is 6.02. The van der Waals surface area contributed by atoms with Gasteiger partial charge in [0.15, 0.2) is 5.65 Å². The molecular formula is C15H22N4OS. The molecule has 1 saturated carbocycles. The molecule has 0 atom stereocenters. The van der Waals surface area contributed by atoms with Crippen LogP contribution in [0.4, 0.5) is 0 Å². The lowest BCUT2D eigenvalue weighted by Gasteiger charge is -2.14. The van der Waals surface area contributed by atoms with Crippen molar-refractivity contribution in [3.63, 3.8) is 0 Å². The molecule has 0 aliphatic heterocycles. The van der Waals surface area contributed by atoms with Gasteiger partial charge in [-0.1, -0.05) is 25.7 Å². The van der Waals surface area contributed by atoms with E-state index < -0.39 is 0 Å². The number of hydrogen-bond donors (Lipinski definition) is 0. The van der Waals surface area contributed by atoms with Crippen molar-refractivity contribution in [2.45, 2.75) is 49.7 Å². The van der Waals surface area contributed by atoms with Crippen LogP contribution in [0.25, 0.3) is 11.0 Å². The van der Waals surface area contributed by atoms with Crippen molar-refractivity contribution in [1.82, 2.24) is 19.7 Å². The largest absolute Gasteiger partial charge is 0.377 e. The van der Waals surface area contributed by atoms with Crippen molar-refractivity contribution in [1.29, 1.82) is 0 Å². The number of fused-ring (bicyclic) bond motifs is 1. The fourth-order valence-corrected chi connectivity index (χ4v) is 3.61. The Morgan fingerprint density at radius 1 is 1.24 bits per heavy atom. The molecule has 0 spiro atoms. The number of rotatable bonds is 5. The molecule has 0 N–H and O–H groups in total. The van der Waals surface area contributed by atoms with Crippen LogP contribution < -0.4 is 0 Å². The highest BCUT2D eigenvalue weighted by Gasteiger charge is 2.13. The van der Waals surface area contributed by atoms with Gasteiger partial charge in [-0.25, -0.2) is 9.97 Å². The first-order valence-corrected chi connectivity index (χ1v) is 8.70. The van der Waals surface area contributed by atoms with Crippen LogP contribution in [0.1, 0.15) is 38.5 Å². The first-order valence-electron chi connectivity index (χ1n) is 7.71. The standard InChI is InChI=1S/C15H22N4OS/c1-19-14-13(10-18-19)15(17-11-16-14)21-9-8-20-12-6-4-2-3-5-7-12/h10-12H,2-9H2,1H3. The molecule has 2 aromatic rings. The first kappa shape index (κ1) is 14.8. The number of nitrogens with zero attached hydrogens (tertiary/aromatic N) is 4. The Balaban J connectivity index is 1.50. The molecule has 114 valence electrons. The Hall–Kier alpha value is -1.14. The van der Waals surface area contributed by atoms with Gasteiger partial charge < -0.3 is 4.74 Å². The summed E-state index contributed by atoms with van der Waals surface area (Å²) >= 11 is 1.73. The zero-order valence-electron chi connectivity index (χ0n) is 12.5. The monoisotopic (exact) mass is 306 g/mol. The van der Waals surface area contributed by atoms with E-state index in [2.05, 4.69) is 15.1 Å². The second-order valence-corrected chi connectivity index (χ2v) is 6.60. The van der Waals surface area contributed by atoms with E-state index >= 15 is 0 Å². The number of thioether (sulfide) groups is 1. The summed E-state index contributed by atoms with van der Waals surface area (Å²) in [6.45, 7) is 0.793. The van der Waals surface area contributed by atoms with Gasteiger partial charge in [0.25, 0.3) is 0 Å². The Kier molecular flexibility index (Phi) is 5.08. The smallest absolute Gasteiger partial charge is 0.162 e. The Morgan fingerprint density at radius 2 is 2.05 bits per heavy atom. The molecular weight excluding hydrogens is 284 g/mol. The summed E-state index contributed by atoms with van der Waals surface area (Å²) in [6.07, 6.45) is 11.7. The van der Waals surface area contributed by atoms with Crippen LogP contribution in [0.5, 0.6) is 0 Å². The van der Waals surface area contributed by atoms with E-state index in [-0.39, 0.29) is 0 Å². The SMILES string of the molecule is Cn1ncc2c(SCCOC3CCCCCC3)ncnc21. The third kappa shape index (κ3) is 3.74. The van der Waals surface area contributed by atoms with Crippen molar-refractivity contribution in [2.24, 2.45) is 7.05 Å². The Labute approximate surface area is 129 Å². The summed E-state index contributed by atoms with van der Waals surface area (Å²) in [4.78, 5) is 8.62. The number of aromatic nitrogens is 4. The van der Waals surface area contributed by atoms with E-state index in [0.717, 1.165) is 28.4 Å². The molecule has 2 aromatic heterocycles. The minimum atomic E-state index is 0.469. The number of hydrogen-bond acceptors (Lipinski definition) is 5. The van der Waals surface area contributed by atoms with Gasteiger partial charge in [0, 0.05) is 12.8 Å². The molecule has 1 aliphatic rings. The molecule has 1 fully saturated rings. The third-order valence-electron chi connectivity index (χ3n) is 3.97. The van der Waals surface area contributed by atoms with Crippen LogP contribution in [0, 0.1) is 0 Å². The minimum absolute atomic E-state index is 0.469. The van der Waals surface area contributed by atoms with Gasteiger partial charge in [0.1, 0.15) is 11.4 Å². The van der Waals surface area contributed by atoms with Gasteiger partial charge in [-0.05, 0) is 12.8 Å². The van der Waals surface area contributed by atoms with Gasteiger partial charge in [0.05, 0.1) is 24.3 Å². The van der Waals surface area contributed by atoms with Gasteiger partial charge in [-0.2, -0.15) is 5.10 Å². The molecule has 6 heteroatoms. The highest BCUT2D eigenvalue weighted by molar-refractivity contribution is 7.99. The predicted molar refractivity (Wildman–Crippen MR) is 84.5 cm³/mol. The van der Waals surface area contributed by atoms with Crippen molar-refractivity contribution >= 4 is 22.8 Å². The molecule has 0 amide bonds. The lowest BCUT2D eigenvalue weighted by Crippen LogP contribution is -2.13. The lowest BCUT2D eigenvalue weighted by molar-refractivity contribution is 0.0543. The van der Waals surface area contributed by atoms with Crippen molar-refractivity contribution < 1.29 is 4.74 Å². The summed E-state index contributed by atoms with van der Waals surface area (Å²) in [5, 5.41) is 6.26. The normalized spacial score (nSPS) is 17.2. The molecule has 0 aromatic carbocycles. The van der Waals surface area contributed by atoms with Crippen LogP contribution in [0.15, 0.2) is 17.6 Å². The van der Waals surface area contributed by atoms with E-state index in [1.54, 1.807) is 22.8 Å². The minimum Gasteiger partial charge on any atom is -0.377 e. The van der Waals surface area contributed by atoms with Gasteiger partial charge in [0.2, 0.25) is 0 Å². The quantitative estimate of drug-likeness (QED) is 0.367. The highest BCUT2D eigenvalue weighted by atomic mass is 32.2. The van der Waals surface area contributed by atoms with Crippen LogP contribution in [-0.4, -0.2) is 38.2 Å². The maximum atomic E-state index is 6.02. The fraction of sp³-hybridized carbons (Fsp3) is 0.667. The molecule has 0 saturated heterocycles. The topological polar surface area (TPSA) is 52.8 Å². The zero-order valence-corrected chi connectivity index (χ0v) is 13.3. The van der Waals surface area contributed by atoms with Crippen molar-refractivity contribution in [2.75, 3.05) is 12.4 Å². The summed E-state index contributed by atoms with van der Waals surface area (Å²) in [6, 6.07) is 0. The second kappa shape index (κ2) is 7.22. The summed E-state index contributed by atoms with van der Waals surface area (Å²) in [7, 11) is 1.90. The summed E-state index contributed by atoms with van der Waals surface area (Å²) < 4.78 is 7.80. The van der Waals surface area contributed by atoms with Gasteiger partial charge in [-0.15, -0.1) is 11.8 Å². The van der Waals surface area contributed by atoms with E-state index in [0.29, 0.717) is 6.10 Å². The van der Waals surface area contributed by atoms with Crippen LogP contribution in [0.2, 0.25) is 0 Å². The average Bonchev–Trinajstić information content (AvgIpc) is 2.73. The molecule has 1 aliphatic carbocycles. The van der Waals surface area contributed by atoms with E-state index in [9.17, 15) is 0 Å². The lowest BCUT2D eigenvalue weighted by atomic mass is 10.1. The molecule has 21 heavy (non-hydrogen) atoms. The first-order chi connectivity index (χ1) is 10.3. The molecule has 0 unspecified atom stereocenters. The van der Waals surface area contributed by atoms with Gasteiger partial charge >= 0.3 is 0 Å². The second-order valence-electron chi connectivity index (χ2n) is 5.52. The Bertz CT molecular complexity index is 578. The van der Waals surface area contributed by atoms with Crippen LogP contribution in [0.3, 0.4) is 0 Å². The van der Waals surface area contributed by atoms with Crippen molar-refractivity contribution in [3.05, 3.63) is 12.5 Å². The summed E-state index contributed by atoms with van der Waals surface area (Å²) in [5.41, 5.74) is 0.886. The van der Waals surface area contributed by atoms with Crippen LogP contribution >= 0.6 is 11.8 Å². The summed E-state index contributed by atoms with van der Waals surface area (Å²) in [5.74, 6) is 0.928. The van der Waals surface area contributed by atoms with E-state index in [4.69, 9.17) is 4.74 Å². The average molecular weight is 306 g/mol. The fourth-order valence-electron chi connectivity index (χ4n) is 2.82. The highest BCUT2D eigenvalue weighted by Crippen LogP contribution is 2.24. The molecule has 0 radical (unpaired) electrons. The zero-order chi connectivity index (χ0) is 14.5. The molecule has 2 heterocycles. The molecule has 3 rings (SSSR count). The number of aryl methyl sites for hydroxylation is 1. The predicted octanol–water partition coefficient (Wildman–Crippen LogP) is 3.19.